The van der Waals surface area contributed by atoms with Gasteiger partial charge in [-0.05, 0) is 58.5 Å². The first-order valence-electron chi connectivity index (χ1n) is 7.54. The van der Waals surface area contributed by atoms with Crippen LogP contribution in [-0.2, 0) is 9.53 Å². The molecule has 8 heteroatoms. The fraction of sp³-hybridized carbons (Fsp3) is 0. The Morgan fingerprint density at radius 2 is 2.04 bits per heavy atom. The molecule has 0 saturated heterocycles. The molecular weight excluding hydrogens is 450 g/mol. The van der Waals surface area contributed by atoms with E-state index in [0.29, 0.717) is 5.56 Å². The fourth-order valence-electron chi connectivity index (χ4n) is 2.45. The third-order valence-electron chi connectivity index (χ3n) is 3.67. The lowest BCUT2D eigenvalue weighted by Crippen LogP contribution is -2.06. The molecule has 3 aromatic rings. The predicted molar refractivity (Wildman–Crippen MR) is 101 cm³/mol. The normalized spacial score (nSPS) is 15.2. The summed E-state index contributed by atoms with van der Waals surface area (Å²) in [6.45, 7) is 0. The molecule has 0 N–H and O–H groups in total. The summed E-state index contributed by atoms with van der Waals surface area (Å²) < 4.78 is 21.8. The molecule has 0 fully saturated rings. The molecule has 0 bridgehead atoms. The number of benzene rings is 2. The third-order valence-corrected chi connectivity index (χ3v) is 4.61. The van der Waals surface area contributed by atoms with E-state index in [1.165, 1.54) is 29.5 Å². The van der Waals surface area contributed by atoms with Crippen molar-refractivity contribution in [3.05, 3.63) is 81.3 Å². The molecule has 0 radical (unpaired) electrons. The van der Waals surface area contributed by atoms with Crippen LogP contribution in [0.2, 0.25) is 0 Å². The maximum absolute atomic E-state index is 14.3. The van der Waals surface area contributed by atoms with Crippen molar-refractivity contribution < 1.29 is 13.9 Å². The Morgan fingerprint density at radius 1 is 1.19 bits per heavy atom. The Hall–Kier alpha value is -2.88. The Kier molecular flexibility index (Phi) is 4.33. The molecule has 26 heavy (non-hydrogen) atoms. The average molecular weight is 460 g/mol. The monoisotopic (exact) mass is 460 g/mol. The molecule has 0 aliphatic carbocycles. The summed E-state index contributed by atoms with van der Waals surface area (Å²) in [6, 6.07) is 12.0. The number of cyclic esters (lactones) is 1. The smallest absolute Gasteiger partial charge is 0.363 e. The number of hydrogen-bond acceptors (Lipinski definition) is 5. The second-order valence-electron chi connectivity index (χ2n) is 5.37. The van der Waals surface area contributed by atoms with Gasteiger partial charge in [0.25, 0.3) is 0 Å². The van der Waals surface area contributed by atoms with Gasteiger partial charge in [0.05, 0.1) is 5.56 Å². The maximum Gasteiger partial charge on any atom is 0.363 e. The van der Waals surface area contributed by atoms with E-state index in [4.69, 9.17) is 4.74 Å². The van der Waals surface area contributed by atoms with Crippen LogP contribution in [0.25, 0.3) is 11.8 Å². The van der Waals surface area contributed by atoms with Gasteiger partial charge in [-0.25, -0.2) is 23.8 Å². The van der Waals surface area contributed by atoms with Gasteiger partial charge in [0.1, 0.15) is 24.2 Å². The van der Waals surface area contributed by atoms with Crippen molar-refractivity contribution in [3.8, 4) is 5.69 Å². The van der Waals surface area contributed by atoms with E-state index < -0.39 is 11.8 Å². The molecule has 0 amide bonds. The molecular formula is C18H10FIN4O2. The Balaban J connectivity index is 1.67. The molecule has 4 rings (SSSR count). The van der Waals surface area contributed by atoms with Crippen LogP contribution >= 0.6 is 22.6 Å². The first kappa shape index (κ1) is 16.6. The number of rotatable bonds is 3. The second-order valence-corrected chi connectivity index (χ2v) is 6.53. The fourth-order valence-corrected chi connectivity index (χ4v) is 3.07. The van der Waals surface area contributed by atoms with Crippen LogP contribution in [0, 0.1) is 9.39 Å². The average Bonchev–Trinajstić information content (AvgIpc) is 3.26. The van der Waals surface area contributed by atoms with Crippen LogP contribution in [0.15, 0.2) is 65.8 Å². The number of aliphatic imine (C=N–C) groups is 1. The highest BCUT2D eigenvalue weighted by Crippen LogP contribution is 2.23. The highest BCUT2D eigenvalue weighted by atomic mass is 127. The van der Waals surface area contributed by atoms with Gasteiger partial charge in [0, 0.05) is 3.57 Å². The molecule has 0 unspecified atom stereocenters. The number of aromatic nitrogens is 3. The minimum absolute atomic E-state index is 0.118. The van der Waals surface area contributed by atoms with Gasteiger partial charge >= 0.3 is 5.97 Å². The molecule has 1 aliphatic heterocycles. The van der Waals surface area contributed by atoms with Gasteiger partial charge < -0.3 is 4.74 Å². The zero-order chi connectivity index (χ0) is 18.1. The SMILES string of the molecule is O=C1OC(c2ccccc2I)=NC1=Cc1ccc(-n2cncn2)c(F)c1. The lowest BCUT2D eigenvalue weighted by Gasteiger charge is -2.03. The molecule has 0 spiro atoms. The van der Waals surface area contributed by atoms with Gasteiger partial charge in [-0.2, -0.15) is 5.10 Å². The van der Waals surface area contributed by atoms with Crippen LogP contribution in [0.4, 0.5) is 4.39 Å². The number of carbonyl (C=O) groups excluding carboxylic acids is 1. The number of halogens is 2. The molecule has 2 heterocycles. The van der Waals surface area contributed by atoms with Gasteiger partial charge in [0.2, 0.25) is 5.90 Å². The second kappa shape index (κ2) is 6.79. The summed E-state index contributed by atoms with van der Waals surface area (Å²) in [5.41, 5.74) is 1.61. The first-order chi connectivity index (χ1) is 12.6. The predicted octanol–water partition coefficient (Wildman–Crippen LogP) is 3.36. The van der Waals surface area contributed by atoms with Gasteiger partial charge in [-0.3, -0.25) is 0 Å². The summed E-state index contributed by atoms with van der Waals surface area (Å²) >= 11 is 2.15. The van der Waals surface area contributed by atoms with Gasteiger partial charge in [-0.15, -0.1) is 0 Å². The first-order valence-corrected chi connectivity index (χ1v) is 8.62. The van der Waals surface area contributed by atoms with E-state index in [1.54, 1.807) is 12.1 Å². The standard InChI is InChI=1S/C18H10FIN4O2/c19-13-7-11(5-6-16(13)24-10-21-9-22-24)8-15-18(25)26-17(23-15)12-3-1-2-4-14(12)20/h1-10H. The van der Waals surface area contributed by atoms with Crippen molar-refractivity contribution in [1.82, 2.24) is 14.8 Å². The van der Waals surface area contributed by atoms with Crippen molar-refractivity contribution in [2.45, 2.75) is 0 Å². The van der Waals surface area contributed by atoms with Crippen LogP contribution in [0.3, 0.4) is 0 Å². The Labute approximate surface area is 161 Å². The number of esters is 1. The van der Waals surface area contributed by atoms with Crippen molar-refractivity contribution >= 4 is 40.5 Å². The third kappa shape index (κ3) is 3.15. The molecule has 1 aromatic heterocycles. The highest BCUT2D eigenvalue weighted by molar-refractivity contribution is 14.1. The van der Waals surface area contributed by atoms with E-state index in [-0.39, 0.29) is 17.3 Å². The molecule has 6 nitrogen and oxygen atoms in total. The Morgan fingerprint density at radius 3 is 2.77 bits per heavy atom. The molecule has 128 valence electrons. The minimum Gasteiger partial charge on any atom is -0.402 e. The molecule has 2 aromatic carbocycles. The van der Waals surface area contributed by atoms with Gasteiger partial charge in [-0.1, -0.05) is 18.2 Å². The summed E-state index contributed by atoms with van der Waals surface area (Å²) in [4.78, 5) is 20.1. The van der Waals surface area contributed by atoms with Crippen LogP contribution < -0.4 is 0 Å². The van der Waals surface area contributed by atoms with Crippen LogP contribution in [0.5, 0.6) is 0 Å². The largest absolute Gasteiger partial charge is 0.402 e. The summed E-state index contributed by atoms with van der Waals surface area (Å²) in [6.07, 6.45) is 4.22. The number of carbonyl (C=O) groups is 1. The number of nitrogens with zero attached hydrogens (tertiary/aromatic N) is 4. The topological polar surface area (TPSA) is 69.4 Å². The molecule has 0 saturated carbocycles. The van der Waals surface area contributed by atoms with Crippen LogP contribution in [0.1, 0.15) is 11.1 Å². The summed E-state index contributed by atoms with van der Waals surface area (Å²) in [7, 11) is 0. The van der Waals surface area contributed by atoms with E-state index >= 15 is 0 Å². The van der Waals surface area contributed by atoms with Crippen molar-refractivity contribution in [1.29, 1.82) is 0 Å². The van der Waals surface area contributed by atoms with Crippen molar-refractivity contribution in [2.24, 2.45) is 4.99 Å². The lowest BCUT2D eigenvalue weighted by molar-refractivity contribution is -0.129. The van der Waals surface area contributed by atoms with E-state index in [9.17, 15) is 9.18 Å². The summed E-state index contributed by atoms with van der Waals surface area (Å²) in [5, 5.41) is 3.90. The quantitative estimate of drug-likeness (QED) is 0.342. The molecule has 0 atom stereocenters. The zero-order valence-electron chi connectivity index (χ0n) is 13.1. The van der Waals surface area contributed by atoms with E-state index in [0.717, 1.165) is 9.13 Å². The lowest BCUT2D eigenvalue weighted by atomic mass is 10.1. The highest BCUT2D eigenvalue weighted by Gasteiger charge is 2.25. The van der Waals surface area contributed by atoms with E-state index in [1.807, 2.05) is 24.3 Å². The molecule has 1 aliphatic rings. The van der Waals surface area contributed by atoms with Crippen LogP contribution in [-0.4, -0.2) is 26.6 Å². The number of ether oxygens (including phenoxy) is 1. The zero-order valence-corrected chi connectivity index (χ0v) is 15.3. The summed E-state index contributed by atoms with van der Waals surface area (Å²) in [5.74, 6) is -0.815. The van der Waals surface area contributed by atoms with E-state index in [2.05, 4.69) is 37.7 Å². The van der Waals surface area contributed by atoms with Crippen molar-refractivity contribution in [2.75, 3.05) is 0 Å². The Bertz CT molecular complexity index is 1060. The van der Waals surface area contributed by atoms with Gasteiger partial charge in [0.15, 0.2) is 5.70 Å². The minimum atomic E-state index is -0.569. The maximum atomic E-state index is 14.3. The number of hydrogen-bond donors (Lipinski definition) is 0. The van der Waals surface area contributed by atoms with Crippen molar-refractivity contribution in [3.63, 3.8) is 0 Å².